The molecule has 8 nitrogen and oxygen atoms in total. The van der Waals surface area contributed by atoms with Gasteiger partial charge in [-0.25, -0.2) is 22.8 Å². The van der Waals surface area contributed by atoms with Crippen molar-refractivity contribution in [2.75, 3.05) is 4.90 Å². The minimum absolute atomic E-state index is 0.0808. The summed E-state index contributed by atoms with van der Waals surface area (Å²) in [6, 6.07) is 9.71. The van der Waals surface area contributed by atoms with Crippen LogP contribution in [-0.4, -0.2) is 37.1 Å². The number of nitrogens with zero attached hydrogens (tertiary/aromatic N) is 2. The summed E-state index contributed by atoms with van der Waals surface area (Å²) >= 11 is 0. The Bertz CT molecular complexity index is 1140. The summed E-state index contributed by atoms with van der Waals surface area (Å²) in [6.07, 6.45) is 1.27. The number of halogens is 1. The van der Waals surface area contributed by atoms with Crippen molar-refractivity contribution in [3.63, 3.8) is 0 Å². The number of hydrogen-bond acceptors (Lipinski definition) is 5. The molecule has 1 aliphatic carbocycles. The molecule has 1 aliphatic heterocycles. The topological polar surface area (TPSA) is 118 Å². The van der Waals surface area contributed by atoms with Crippen molar-refractivity contribution in [3.05, 3.63) is 59.9 Å². The molecule has 4 rings (SSSR count). The molecule has 0 bridgehead atoms. The van der Waals surface area contributed by atoms with Crippen LogP contribution in [0.4, 0.5) is 10.1 Å². The Hall–Kier alpha value is -3.11. The molecule has 31 heavy (non-hydrogen) atoms. The third-order valence-electron chi connectivity index (χ3n) is 5.40. The van der Waals surface area contributed by atoms with Gasteiger partial charge in [-0.05, 0) is 54.8 Å². The van der Waals surface area contributed by atoms with E-state index in [4.69, 9.17) is 5.14 Å². The van der Waals surface area contributed by atoms with E-state index in [0.29, 0.717) is 5.56 Å². The molecule has 3 amide bonds. The van der Waals surface area contributed by atoms with Gasteiger partial charge >= 0.3 is 0 Å². The van der Waals surface area contributed by atoms with Crippen molar-refractivity contribution < 1.29 is 27.2 Å². The van der Waals surface area contributed by atoms with Crippen molar-refractivity contribution in [3.8, 4) is 0 Å². The minimum Gasteiger partial charge on any atom is -0.326 e. The quantitative estimate of drug-likeness (QED) is 0.677. The second-order valence-electron chi connectivity index (χ2n) is 7.69. The molecule has 1 atom stereocenters. The number of anilines is 1. The summed E-state index contributed by atoms with van der Waals surface area (Å²) < 4.78 is 36.1. The number of carbonyl (C=O) groups excluding carboxylic acids is 3. The summed E-state index contributed by atoms with van der Waals surface area (Å²) in [5, 5.41) is 5.08. The zero-order chi connectivity index (χ0) is 22.3. The fraction of sp³-hybridized carbons (Fsp3) is 0.286. The number of benzene rings is 2. The highest BCUT2D eigenvalue weighted by Gasteiger charge is 2.46. The number of hydrogen-bond donors (Lipinski definition) is 1. The molecular weight excluding hydrogens is 425 g/mol. The predicted molar refractivity (Wildman–Crippen MR) is 108 cm³/mol. The second kappa shape index (κ2) is 7.86. The summed E-state index contributed by atoms with van der Waals surface area (Å²) in [7, 11) is -3.91. The molecule has 1 saturated carbocycles. The first kappa shape index (κ1) is 21.1. The van der Waals surface area contributed by atoms with E-state index in [-0.39, 0.29) is 35.4 Å². The van der Waals surface area contributed by atoms with Crippen molar-refractivity contribution in [2.45, 2.75) is 36.7 Å². The number of nitrogens with two attached hydrogens (primary N) is 1. The monoisotopic (exact) mass is 445 g/mol. The van der Waals surface area contributed by atoms with E-state index in [2.05, 4.69) is 0 Å². The maximum Gasteiger partial charge on any atom is 0.257 e. The molecule has 162 valence electrons. The maximum absolute atomic E-state index is 13.2. The van der Waals surface area contributed by atoms with Crippen molar-refractivity contribution in [2.24, 2.45) is 11.1 Å². The van der Waals surface area contributed by atoms with Crippen LogP contribution in [0.3, 0.4) is 0 Å². The molecule has 0 spiro atoms. The molecule has 10 heteroatoms. The largest absolute Gasteiger partial charge is 0.326 e. The Morgan fingerprint density at radius 3 is 2.23 bits per heavy atom. The molecule has 2 aromatic carbocycles. The second-order valence-corrected chi connectivity index (χ2v) is 9.25. The molecule has 0 aromatic heterocycles. The number of carbonyl (C=O) groups is 3. The van der Waals surface area contributed by atoms with E-state index in [1.54, 1.807) is 0 Å². The summed E-state index contributed by atoms with van der Waals surface area (Å²) in [6.45, 7) is 0.0808. The molecule has 2 aliphatic rings. The molecule has 2 aromatic rings. The summed E-state index contributed by atoms with van der Waals surface area (Å²) in [5.74, 6) is -1.85. The first-order valence-corrected chi connectivity index (χ1v) is 11.2. The van der Waals surface area contributed by atoms with Crippen molar-refractivity contribution in [1.82, 2.24) is 4.90 Å². The Morgan fingerprint density at radius 1 is 1.06 bits per heavy atom. The van der Waals surface area contributed by atoms with Gasteiger partial charge in [0.2, 0.25) is 21.8 Å². The standard InChI is InChI=1S/C21H20FN3O5S/c22-15-5-1-13(2-6-15)12-24(20(27)14-3-4-14)18-11-19(26)25(21(18)28)16-7-9-17(10-8-16)31(23,29)30/h1-2,5-10,14,18H,3-4,11-12H2,(H2,23,29,30). The molecular formula is C21H20FN3O5S. The lowest BCUT2D eigenvalue weighted by molar-refractivity contribution is -0.140. The van der Waals surface area contributed by atoms with E-state index < -0.39 is 33.7 Å². The van der Waals surface area contributed by atoms with Crippen LogP contribution in [0.2, 0.25) is 0 Å². The molecule has 1 heterocycles. The van der Waals surface area contributed by atoms with Crippen LogP contribution in [0.25, 0.3) is 0 Å². The number of sulfonamides is 1. The van der Waals surface area contributed by atoms with E-state index in [0.717, 1.165) is 17.7 Å². The lowest BCUT2D eigenvalue weighted by atomic mass is 10.1. The van der Waals surface area contributed by atoms with Gasteiger partial charge in [0.05, 0.1) is 17.0 Å². The lowest BCUT2D eigenvalue weighted by Crippen LogP contribution is -2.45. The average molecular weight is 445 g/mol. The van der Waals surface area contributed by atoms with Crippen LogP contribution in [0.15, 0.2) is 53.4 Å². The van der Waals surface area contributed by atoms with E-state index in [9.17, 15) is 27.2 Å². The zero-order valence-corrected chi connectivity index (χ0v) is 17.2. The average Bonchev–Trinajstić information content (AvgIpc) is 3.52. The third-order valence-corrected chi connectivity index (χ3v) is 6.33. The highest BCUT2D eigenvalue weighted by atomic mass is 32.2. The van der Waals surface area contributed by atoms with Gasteiger partial charge in [-0.15, -0.1) is 0 Å². The minimum atomic E-state index is -3.91. The summed E-state index contributed by atoms with van der Waals surface area (Å²) in [4.78, 5) is 40.9. The molecule has 1 saturated heterocycles. The predicted octanol–water partition coefficient (Wildman–Crippen LogP) is 1.54. The highest BCUT2D eigenvalue weighted by Crippen LogP contribution is 2.35. The van der Waals surface area contributed by atoms with Gasteiger partial charge in [0, 0.05) is 12.5 Å². The van der Waals surface area contributed by atoms with E-state index in [1.807, 2.05) is 0 Å². The first-order chi connectivity index (χ1) is 14.6. The fourth-order valence-electron chi connectivity index (χ4n) is 3.61. The van der Waals surface area contributed by atoms with Gasteiger partial charge in [0.15, 0.2) is 0 Å². The fourth-order valence-corrected chi connectivity index (χ4v) is 4.12. The Kier molecular flexibility index (Phi) is 5.36. The van der Waals surface area contributed by atoms with E-state index in [1.165, 1.54) is 53.4 Å². The van der Waals surface area contributed by atoms with E-state index >= 15 is 0 Å². The van der Waals surface area contributed by atoms with Crippen molar-refractivity contribution in [1.29, 1.82) is 0 Å². The number of amides is 3. The highest BCUT2D eigenvalue weighted by molar-refractivity contribution is 7.89. The smallest absolute Gasteiger partial charge is 0.257 e. The van der Waals surface area contributed by atoms with Gasteiger partial charge in [0.1, 0.15) is 11.9 Å². The normalized spacial score (nSPS) is 19.0. The number of primary sulfonamides is 1. The molecule has 1 unspecified atom stereocenters. The van der Waals surface area contributed by atoms with Crippen molar-refractivity contribution >= 4 is 33.4 Å². The molecule has 0 radical (unpaired) electrons. The van der Waals surface area contributed by atoms with Crippen LogP contribution in [0.1, 0.15) is 24.8 Å². The zero-order valence-electron chi connectivity index (χ0n) is 16.4. The number of imide groups is 1. The van der Waals surface area contributed by atoms with Crippen LogP contribution in [0.5, 0.6) is 0 Å². The maximum atomic E-state index is 13.2. The van der Waals surface area contributed by atoms with Gasteiger partial charge in [-0.1, -0.05) is 12.1 Å². The Labute approximate surface area is 178 Å². The summed E-state index contributed by atoms with van der Waals surface area (Å²) in [5.41, 5.74) is 0.845. The van der Waals surface area contributed by atoms with Crippen LogP contribution < -0.4 is 10.0 Å². The molecule has 2 N–H and O–H groups in total. The van der Waals surface area contributed by atoms with Gasteiger partial charge in [-0.2, -0.15) is 0 Å². The third kappa shape index (κ3) is 4.35. The van der Waals surface area contributed by atoms with Crippen LogP contribution in [0, 0.1) is 11.7 Å². The van der Waals surface area contributed by atoms with Gasteiger partial charge in [0.25, 0.3) is 5.91 Å². The SMILES string of the molecule is NS(=O)(=O)c1ccc(N2C(=O)CC(N(Cc3ccc(F)cc3)C(=O)C3CC3)C2=O)cc1. The van der Waals surface area contributed by atoms with Crippen LogP contribution >= 0.6 is 0 Å². The van der Waals surface area contributed by atoms with Crippen LogP contribution in [-0.2, 0) is 31.0 Å². The lowest BCUT2D eigenvalue weighted by Gasteiger charge is -2.28. The Morgan fingerprint density at radius 2 is 1.68 bits per heavy atom. The molecule has 2 fully saturated rings. The Balaban J connectivity index is 1.61. The van der Waals surface area contributed by atoms with Gasteiger partial charge < -0.3 is 4.90 Å². The number of rotatable bonds is 6. The van der Waals surface area contributed by atoms with Gasteiger partial charge in [-0.3, -0.25) is 14.4 Å². The first-order valence-electron chi connectivity index (χ1n) is 9.70.